The molecule has 1 atom stereocenters. The van der Waals surface area contributed by atoms with Crippen molar-refractivity contribution in [1.29, 1.82) is 0 Å². The van der Waals surface area contributed by atoms with Crippen molar-refractivity contribution in [1.82, 2.24) is 0 Å². The molecule has 1 amide bonds. The van der Waals surface area contributed by atoms with E-state index >= 15 is 0 Å². The molecule has 5 heteroatoms. The zero-order valence-corrected chi connectivity index (χ0v) is 11.6. The van der Waals surface area contributed by atoms with Gasteiger partial charge in [0, 0.05) is 25.2 Å². The Balaban J connectivity index is 2.24. The summed E-state index contributed by atoms with van der Waals surface area (Å²) in [6, 6.07) is 5.55. The van der Waals surface area contributed by atoms with Crippen LogP contribution in [-0.2, 0) is 4.79 Å². The average molecular weight is 276 g/mol. The third kappa shape index (κ3) is 3.29. The summed E-state index contributed by atoms with van der Waals surface area (Å²) in [6.07, 6.45) is 2.03. The largest absolute Gasteiger partial charge is 0.481 e. The minimum atomic E-state index is -0.767. The van der Waals surface area contributed by atoms with Gasteiger partial charge in [0.05, 0.1) is 5.56 Å². The van der Waals surface area contributed by atoms with Gasteiger partial charge in [-0.2, -0.15) is 0 Å². The number of anilines is 1. The van der Waals surface area contributed by atoms with E-state index in [-0.39, 0.29) is 12.3 Å². The summed E-state index contributed by atoms with van der Waals surface area (Å²) in [5.41, 5.74) is 7.82. The summed E-state index contributed by atoms with van der Waals surface area (Å²) >= 11 is 0. The number of carboxylic acids is 1. The van der Waals surface area contributed by atoms with Crippen LogP contribution < -0.4 is 10.6 Å². The number of carbonyl (C=O) groups excluding carboxylic acids is 1. The highest BCUT2D eigenvalue weighted by Crippen LogP contribution is 2.28. The minimum absolute atomic E-state index is 0.127. The first kappa shape index (κ1) is 14.4. The van der Waals surface area contributed by atoms with Crippen LogP contribution in [0.1, 0.15) is 35.2 Å². The summed E-state index contributed by atoms with van der Waals surface area (Å²) in [4.78, 5) is 24.5. The molecule has 2 rings (SSSR count). The highest BCUT2D eigenvalue weighted by molar-refractivity contribution is 5.98. The number of nitrogens with two attached hydrogens (primary N) is 1. The molecule has 1 aromatic rings. The molecule has 0 aliphatic carbocycles. The molecule has 1 saturated heterocycles. The second-order valence-electron chi connectivity index (χ2n) is 5.44. The van der Waals surface area contributed by atoms with Crippen LogP contribution in [0.4, 0.5) is 5.69 Å². The van der Waals surface area contributed by atoms with Gasteiger partial charge in [-0.05, 0) is 43.4 Å². The SMILES string of the molecule is Cc1ccc(C(N)=O)c(N2CCCC(CC(=O)O)C2)c1. The number of carbonyl (C=O) groups is 2. The highest BCUT2D eigenvalue weighted by Gasteiger charge is 2.24. The molecule has 0 aromatic heterocycles. The lowest BCUT2D eigenvalue weighted by molar-refractivity contribution is -0.138. The summed E-state index contributed by atoms with van der Waals surface area (Å²) in [7, 11) is 0. The first-order valence-corrected chi connectivity index (χ1v) is 6.84. The van der Waals surface area contributed by atoms with E-state index in [0.717, 1.165) is 30.6 Å². The molecule has 3 N–H and O–H groups in total. The fourth-order valence-electron chi connectivity index (χ4n) is 2.81. The molecule has 0 spiro atoms. The number of nitrogens with zero attached hydrogens (tertiary/aromatic N) is 1. The predicted molar refractivity (Wildman–Crippen MR) is 76.9 cm³/mol. The van der Waals surface area contributed by atoms with Crippen molar-refractivity contribution in [2.45, 2.75) is 26.2 Å². The topological polar surface area (TPSA) is 83.6 Å². The van der Waals surface area contributed by atoms with Crippen LogP contribution in [0.2, 0.25) is 0 Å². The second-order valence-corrected chi connectivity index (χ2v) is 5.44. The van der Waals surface area contributed by atoms with Crippen molar-refractivity contribution in [2.24, 2.45) is 11.7 Å². The Morgan fingerprint density at radius 2 is 2.20 bits per heavy atom. The van der Waals surface area contributed by atoms with Gasteiger partial charge in [-0.25, -0.2) is 0 Å². The quantitative estimate of drug-likeness (QED) is 0.878. The van der Waals surface area contributed by atoms with Gasteiger partial charge in [0.1, 0.15) is 0 Å². The number of aryl methyl sites for hydroxylation is 1. The van der Waals surface area contributed by atoms with Crippen molar-refractivity contribution in [2.75, 3.05) is 18.0 Å². The smallest absolute Gasteiger partial charge is 0.303 e. The van der Waals surface area contributed by atoms with Crippen LogP contribution in [0.5, 0.6) is 0 Å². The van der Waals surface area contributed by atoms with E-state index in [1.165, 1.54) is 0 Å². The third-order valence-corrected chi connectivity index (χ3v) is 3.74. The molecule has 1 unspecified atom stereocenters. The molecule has 5 nitrogen and oxygen atoms in total. The Morgan fingerprint density at radius 1 is 1.45 bits per heavy atom. The predicted octanol–water partition coefficient (Wildman–Crippen LogP) is 1.79. The standard InChI is InChI=1S/C15H20N2O3/c1-10-4-5-12(15(16)20)13(7-10)17-6-2-3-11(9-17)8-14(18)19/h4-5,7,11H,2-3,6,8-9H2,1H3,(H2,16,20)(H,18,19). The fourth-order valence-corrected chi connectivity index (χ4v) is 2.81. The maximum atomic E-state index is 11.5. The number of hydrogen-bond acceptors (Lipinski definition) is 3. The lowest BCUT2D eigenvalue weighted by atomic mass is 9.93. The number of piperidine rings is 1. The van der Waals surface area contributed by atoms with Crippen molar-refractivity contribution >= 4 is 17.6 Å². The molecule has 1 aliphatic heterocycles. The van der Waals surface area contributed by atoms with E-state index in [1.807, 2.05) is 19.1 Å². The van der Waals surface area contributed by atoms with E-state index in [2.05, 4.69) is 4.90 Å². The van der Waals surface area contributed by atoms with Crippen LogP contribution in [0.3, 0.4) is 0 Å². The van der Waals surface area contributed by atoms with Gasteiger partial charge in [-0.15, -0.1) is 0 Å². The fraction of sp³-hybridized carbons (Fsp3) is 0.467. The van der Waals surface area contributed by atoms with Gasteiger partial charge in [0.15, 0.2) is 0 Å². The Kier molecular flexibility index (Phi) is 4.27. The molecule has 0 saturated carbocycles. The van der Waals surface area contributed by atoms with Gasteiger partial charge >= 0.3 is 5.97 Å². The highest BCUT2D eigenvalue weighted by atomic mass is 16.4. The lowest BCUT2D eigenvalue weighted by Gasteiger charge is -2.35. The molecule has 108 valence electrons. The number of rotatable bonds is 4. The van der Waals surface area contributed by atoms with Crippen LogP contribution in [-0.4, -0.2) is 30.1 Å². The van der Waals surface area contributed by atoms with Crippen molar-refractivity contribution in [3.8, 4) is 0 Å². The lowest BCUT2D eigenvalue weighted by Crippen LogP contribution is -2.37. The van der Waals surface area contributed by atoms with Crippen molar-refractivity contribution in [3.05, 3.63) is 29.3 Å². The second kappa shape index (κ2) is 5.94. The summed E-state index contributed by atoms with van der Waals surface area (Å²) in [5, 5.41) is 8.92. The number of primary amides is 1. The molecule has 1 fully saturated rings. The Morgan fingerprint density at radius 3 is 2.85 bits per heavy atom. The zero-order chi connectivity index (χ0) is 14.7. The number of hydrogen-bond donors (Lipinski definition) is 2. The van der Waals surface area contributed by atoms with Crippen LogP contribution in [0, 0.1) is 12.8 Å². The average Bonchev–Trinajstić information content (AvgIpc) is 2.37. The molecular formula is C15H20N2O3. The van der Waals surface area contributed by atoms with E-state index in [0.29, 0.717) is 12.1 Å². The molecular weight excluding hydrogens is 256 g/mol. The van der Waals surface area contributed by atoms with E-state index < -0.39 is 11.9 Å². The summed E-state index contributed by atoms with van der Waals surface area (Å²) < 4.78 is 0. The number of aliphatic carboxylic acids is 1. The van der Waals surface area contributed by atoms with E-state index in [4.69, 9.17) is 10.8 Å². The maximum absolute atomic E-state index is 11.5. The number of carboxylic acid groups (broad SMARTS) is 1. The molecule has 0 radical (unpaired) electrons. The van der Waals surface area contributed by atoms with E-state index in [9.17, 15) is 9.59 Å². The van der Waals surface area contributed by atoms with Gasteiger partial charge in [0.2, 0.25) is 0 Å². The third-order valence-electron chi connectivity index (χ3n) is 3.74. The minimum Gasteiger partial charge on any atom is -0.481 e. The van der Waals surface area contributed by atoms with E-state index in [1.54, 1.807) is 6.07 Å². The Labute approximate surface area is 118 Å². The van der Waals surface area contributed by atoms with Crippen LogP contribution >= 0.6 is 0 Å². The van der Waals surface area contributed by atoms with Crippen LogP contribution in [0.25, 0.3) is 0 Å². The van der Waals surface area contributed by atoms with Gasteiger partial charge in [-0.3, -0.25) is 9.59 Å². The number of benzene rings is 1. The first-order chi connectivity index (χ1) is 9.47. The van der Waals surface area contributed by atoms with Crippen LogP contribution in [0.15, 0.2) is 18.2 Å². The van der Waals surface area contributed by atoms with Crippen molar-refractivity contribution < 1.29 is 14.7 Å². The Hall–Kier alpha value is -2.04. The van der Waals surface area contributed by atoms with Crippen molar-refractivity contribution in [3.63, 3.8) is 0 Å². The molecule has 20 heavy (non-hydrogen) atoms. The maximum Gasteiger partial charge on any atom is 0.303 e. The Bertz CT molecular complexity index is 528. The molecule has 1 aliphatic rings. The molecule has 1 aromatic carbocycles. The molecule has 0 bridgehead atoms. The monoisotopic (exact) mass is 276 g/mol. The first-order valence-electron chi connectivity index (χ1n) is 6.84. The molecule has 1 heterocycles. The number of amides is 1. The summed E-state index contributed by atoms with van der Waals surface area (Å²) in [6.45, 7) is 3.46. The zero-order valence-electron chi connectivity index (χ0n) is 11.6. The van der Waals surface area contributed by atoms with Gasteiger partial charge < -0.3 is 15.7 Å². The van der Waals surface area contributed by atoms with Gasteiger partial charge in [-0.1, -0.05) is 6.07 Å². The summed E-state index contributed by atoms with van der Waals surface area (Å²) in [5.74, 6) is -1.08. The normalized spacial score (nSPS) is 18.9. The van der Waals surface area contributed by atoms with Gasteiger partial charge in [0.25, 0.3) is 5.91 Å².